The molecule has 1 aliphatic rings. The second kappa shape index (κ2) is 7.43. The van der Waals surface area contributed by atoms with Crippen LogP contribution < -0.4 is 28.6 Å². The van der Waals surface area contributed by atoms with Crippen molar-refractivity contribution in [3.05, 3.63) is 36.4 Å². The Kier molecular flexibility index (Phi) is 4.80. The van der Waals surface area contributed by atoms with Crippen molar-refractivity contribution >= 4 is 22.9 Å². The van der Waals surface area contributed by atoms with Crippen molar-refractivity contribution in [1.29, 1.82) is 0 Å². The molecule has 7 heteroatoms. The van der Waals surface area contributed by atoms with Gasteiger partial charge in [0.25, 0.3) is 0 Å². The predicted octanol–water partition coefficient (Wildman–Crippen LogP) is 3.85. The number of carbonyl (C=O) groups excluding carboxylic acids is 1. The standard InChI is InChI=1S/C22H21NO6/c1-23(11-24)22-14(16-9-18(26-3)19(27-4)10-17(16)25-2)6-5-13-7-20-21(8-15(13)22)29-12-28-20/h5-11H,12H2,1-4H3. The van der Waals surface area contributed by atoms with Crippen LogP contribution in [0.4, 0.5) is 5.69 Å². The second-order valence-corrected chi connectivity index (χ2v) is 6.51. The number of amides is 1. The predicted molar refractivity (Wildman–Crippen MR) is 110 cm³/mol. The molecule has 1 aliphatic heterocycles. The summed E-state index contributed by atoms with van der Waals surface area (Å²) in [5.41, 5.74) is 2.30. The van der Waals surface area contributed by atoms with Crippen LogP contribution in [0.5, 0.6) is 28.7 Å². The van der Waals surface area contributed by atoms with Crippen molar-refractivity contribution in [3.63, 3.8) is 0 Å². The van der Waals surface area contributed by atoms with Gasteiger partial charge in [-0.25, -0.2) is 0 Å². The highest BCUT2D eigenvalue weighted by molar-refractivity contribution is 6.07. The SMILES string of the molecule is COc1cc(OC)c(-c2ccc3cc4c(cc3c2N(C)C=O)OCO4)cc1OC. The van der Waals surface area contributed by atoms with Gasteiger partial charge in [-0.15, -0.1) is 0 Å². The van der Waals surface area contributed by atoms with Crippen LogP contribution >= 0.6 is 0 Å². The highest BCUT2D eigenvalue weighted by atomic mass is 16.7. The van der Waals surface area contributed by atoms with Gasteiger partial charge in [-0.3, -0.25) is 4.79 Å². The summed E-state index contributed by atoms with van der Waals surface area (Å²) in [6.45, 7) is 0.181. The fourth-order valence-corrected chi connectivity index (χ4v) is 3.59. The summed E-state index contributed by atoms with van der Waals surface area (Å²) in [5, 5.41) is 1.79. The molecule has 0 aromatic heterocycles. The minimum absolute atomic E-state index is 0.181. The molecule has 1 amide bonds. The Morgan fingerprint density at radius 3 is 2.17 bits per heavy atom. The molecule has 0 aliphatic carbocycles. The van der Waals surface area contributed by atoms with Gasteiger partial charge in [-0.2, -0.15) is 0 Å². The molecule has 0 saturated heterocycles. The van der Waals surface area contributed by atoms with Gasteiger partial charge < -0.3 is 28.6 Å². The Labute approximate surface area is 168 Å². The van der Waals surface area contributed by atoms with E-state index >= 15 is 0 Å². The molecule has 7 nitrogen and oxygen atoms in total. The van der Waals surface area contributed by atoms with Gasteiger partial charge in [0.1, 0.15) is 5.75 Å². The number of benzene rings is 3. The van der Waals surface area contributed by atoms with Gasteiger partial charge in [0, 0.05) is 29.6 Å². The lowest BCUT2D eigenvalue weighted by atomic mass is 9.96. The zero-order valence-corrected chi connectivity index (χ0v) is 16.6. The van der Waals surface area contributed by atoms with Crippen molar-refractivity contribution in [1.82, 2.24) is 0 Å². The van der Waals surface area contributed by atoms with Gasteiger partial charge in [0.05, 0.1) is 27.0 Å². The molecule has 29 heavy (non-hydrogen) atoms. The third kappa shape index (κ3) is 3.04. The minimum atomic E-state index is 0.181. The molecule has 0 fully saturated rings. The van der Waals surface area contributed by atoms with Crippen molar-refractivity contribution < 1.29 is 28.5 Å². The highest BCUT2D eigenvalue weighted by Crippen LogP contribution is 2.47. The van der Waals surface area contributed by atoms with Crippen LogP contribution in [0.3, 0.4) is 0 Å². The van der Waals surface area contributed by atoms with Gasteiger partial charge in [-0.1, -0.05) is 12.1 Å². The smallest absolute Gasteiger partial charge is 0.231 e. The Hall–Kier alpha value is -3.61. The molecule has 150 valence electrons. The normalized spacial score (nSPS) is 12.0. The number of methoxy groups -OCH3 is 3. The van der Waals surface area contributed by atoms with Crippen LogP contribution in [0.15, 0.2) is 36.4 Å². The molecule has 4 rings (SSSR count). The first-order chi connectivity index (χ1) is 14.1. The molecule has 0 bridgehead atoms. The fraction of sp³-hybridized carbons (Fsp3) is 0.227. The molecule has 0 N–H and O–H groups in total. The average Bonchev–Trinajstić information content (AvgIpc) is 3.22. The third-order valence-electron chi connectivity index (χ3n) is 4.99. The van der Waals surface area contributed by atoms with E-state index in [0.29, 0.717) is 28.7 Å². The number of anilines is 1. The third-order valence-corrected chi connectivity index (χ3v) is 4.99. The average molecular weight is 395 g/mol. The molecule has 0 saturated carbocycles. The largest absolute Gasteiger partial charge is 0.496 e. The summed E-state index contributed by atoms with van der Waals surface area (Å²) in [4.78, 5) is 13.3. The van der Waals surface area contributed by atoms with E-state index in [9.17, 15) is 4.79 Å². The number of rotatable bonds is 6. The first kappa shape index (κ1) is 18.7. The number of nitrogens with zero attached hydrogens (tertiary/aromatic N) is 1. The highest BCUT2D eigenvalue weighted by Gasteiger charge is 2.22. The van der Waals surface area contributed by atoms with E-state index in [4.69, 9.17) is 23.7 Å². The van der Waals surface area contributed by atoms with E-state index in [1.807, 2.05) is 30.3 Å². The number of fused-ring (bicyclic) bond motifs is 2. The zero-order valence-electron chi connectivity index (χ0n) is 16.6. The second-order valence-electron chi connectivity index (χ2n) is 6.51. The first-order valence-corrected chi connectivity index (χ1v) is 8.96. The van der Waals surface area contributed by atoms with Crippen LogP contribution in [0, 0.1) is 0 Å². The van der Waals surface area contributed by atoms with Crippen molar-refractivity contribution in [2.24, 2.45) is 0 Å². The topological polar surface area (TPSA) is 66.5 Å². The maximum Gasteiger partial charge on any atom is 0.231 e. The molecule has 0 unspecified atom stereocenters. The summed E-state index contributed by atoms with van der Waals surface area (Å²) in [5.74, 6) is 3.06. The molecule has 0 spiro atoms. The summed E-state index contributed by atoms with van der Waals surface area (Å²) >= 11 is 0. The molecule has 0 radical (unpaired) electrons. The van der Waals surface area contributed by atoms with E-state index in [0.717, 1.165) is 34.0 Å². The van der Waals surface area contributed by atoms with Crippen molar-refractivity contribution in [3.8, 4) is 39.9 Å². The molecular weight excluding hydrogens is 374 g/mol. The van der Waals surface area contributed by atoms with E-state index < -0.39 is 0 Å². The monoisotopic (exact) mass is 395 g/mol. The molecule has 3 aromatic carbocycles. The fourth-order valence-electron chi connectivity index (χ4n) is 3.59. The lowest BCUT2D eigenvalue weighted by molar-refractivity contribution is -0.107. The minimum Gasteiger partial charge on any atom is -0.496 e. The van der Waals surface area contributed by atoms with E-state index in [1.54, 1.807) is 34.4 Å². The number of carbonyl (C=O) groups is 1. The van der Waals surface area contributed by atoms with Gasteiger partial charge >= 0.3 is 0 Å². The maximum atomic E-state index is 11.7. The Morgan fingerprint density at radius 1 is 0.862 bits per heavy atom. The van der Waals surface area contributed by atoms with Crippen LogP contribution in [-0.4, -0.2) is 41.6 Å². The first-order valence-electron chi connectivity index (χ1n) is 8.96. The van der Waals surface area contributed by atoms with Gasteiger partial charge in [0.2, 0.25) is 13.2 Å². The van der Waals surface area contributed by atoms with Gasteiger partial charge in [-0.05, 0) is 23.6 Å². The van der Waals surface area contributed by atoms with E-state index in [2.05, 4.69) is 0 Å². The van der Waals surface area contributed by atoms with Gasteiger partial charge in [0.15, 0.2) is 23.0 Å². The lowest BCUT2D eigenvalue weighted by Crippen LogP contribution is -2.15. The van der Waals surface area contributed by atoms with Crippen molar-refractivity contribution in [2.45, 2.75) is 0 Å². The summed E-state index contributed by atoms with van der Waals surface area (Å²) in [6.07, 6.45) is 0.774. The van der Waals surface area contributed by atoms with Crippen LogP contribution in [-0.2, 0) is 4.79 Å². The Bertz CT molecular complexity index is 1090. The van der Waals surface area contributed by atoms with E-state index in [-0.39, 0.29) is 6.79 Å². The molecular formula is C22H21NO6. The summed E-state index contributed by atoms with van der Waals surface area (Å²) in [6, 6.07) is 11.3. The number of hydrogen-bond donors (Lipinski definition) is 0. The molecule has 1 heterocycles. The van der Waals surface area contributed by atoms with Crippen LogP contribution in [0.1, 0.15) is 0 Å². The number of hydrogen-bond acceptors (Lipinski definition) is 6. The van der Waals surface area contributed by atoms with Crippen LogP contribution in [0.2, 0.25) is 0 Å². The summed E-state index contributed by atoms with van der Waals surface area (Å²) in [7, 11) is 6.45. The molecule has 3 aromatic rings. The molecule has 0 atom stereocenters. The maximum absolute atomic E-state index is 11.7. The zero-order chi connectivity index (χ0) is 20.5. The van der Waals surface area contributed by atoms with Crippen molar-refractivity contribution in [2.75, 3.05) is 40.1 Å². The van der Waals surface area contributed by atoms with E-state index in [1.165, 1.54) is 4.90 Å². The van der Waals surface area contributed by atoms with Crippen LogP contribution in [0.25, 0.3) is 21.9 Å². The Morgan fingerprint density at radius 2 is 1.52 bits per heavy atom. The quantitative estimate of drug-likeness (QED) is 0.591. The number of ether oxygens (including phenoxy) is 5. The summed E-state index contributed by atoms with van der Waals surface area (Å²) < 4.78 is 27.5. The Balaban J connectivity index is 2.03. The lowest BCUT2D eigenvalue weighted by Gasteiger charge is -2.21.